The average Bonchev–Trinajstić information content (AvgIpc) is 2.50. The van der Waals surface area contributed by atoms with E-state index in [1.165, 1.54) is 14.8 Å². The van der Waals surface area contributed by atoms with Gasteiger partial charge in [0.15, 0.2) is 0 Å². The minimum absolute atomic E-state index is 0.764. The maximum atomic E-state index is 6.20. The van der Waals surface area contributed by atoms with Crippen LogP contribution in [-0.2, 0) is 0 Å². The molecule has 0 amide bonds. The van der Waals surface area contributed by atoms with Gasteiger partial charge in [0.2, 0.25) is 0 Å². The zero-order valence-electron chi connectivity index (χ0n) is 12.8. The number of benzene rings is 2. The highest BCUT2D eigenvalue weighted by Crippen LogP contribution is 2.26. The molecule has 0 fully saturated rings. The minimum atomic E-state index is 0.764. The maximum absolute atomic E-state index is 6.20. The van der Waals surface area contributed by atoms with Gasteiger partial charge in [-0.25, -0.2) is 0 Å². The van der Waals surface area contributed by atoms with E-state index in [-0.39, 0.29) is 0 Å². The smallest absolute Gasteiger partial charge is 0.0747 e. The first-order chi connectivity index (χ1) is 10.6. The second kappa shape index (κ2) is 6.78. The van der Waals surface area contributed by atoms with E-state index in [1.54, 1.807) is 11.3 Å². The summed E-state index contributed by atoms with van der Waals surface area (Å²) in [5.74, 6) is 0. The van der Waals surface area contributed by atoms with E-state index in [1.807, 2.05) is 12.1 Å². The van der Waals surface area contributed by atoms with Crippen molar-refractivity contribution in [3.8, 4) is 0 Å². The van der Waals surface area contributed by atoms with Crippen LogP contribution in [-0.4, -0.2) is 32.1 Å². The molecule has 0 aliphatic rings. The molecule has 0 spiro atoms. The lowest BCUT2D eigenvalue weighted by Gasteiger charge is -2.07. The molecule has 1 heterocycles. The third-order valence-corrected chi connectivity index (χ3v) is 4.98. The molecule has 114 valence electrons. The van der Waals surface area contributed by atoms with Gasteiger partial charge in [-0.1, -0.05) is 29.8 Å². The molecule has 22 heavy (non-hydrogen) atoms. The Hall–Kier alpha value is -1.42. The summed E-state index contributed by atoms with van der Waals surface area (Å²) in [7, 11) is 4.18. The monoisotopic (exact) mass is 330 g/mol. The number of hydrogen-bond acceptors (Lipinski definition) is 3. The molecule has 0 N–H and O–H groups in total. The summed E-state index contributed by atoms with van der Waals surface area (Å²) in [6.07, 6.45) is 1.06. The number of nitrogens with zero attached hydrogens (tertiary/aromatic N) is 2. The van der Waals surface area contributed by atoms with Crippen LogP contribution in [0, 0.1) is 0 Å². The van der Waals surface area contributed by atoms with Crippen LogP contribution in [0.2, 0.25) is 5.02 Å². The standard InChI is InChI=1S/C18H19ClN2S/c1-21(2)11-5-10-20-18-14-6-3-4-7-16(14)22-17-9-8-13(19)12-15(17)18/h3-4,6-9,12H,5,10-11H2,1-2H3/b20-18+. The van der Waals surface area contributed by atoms with Crippen molar-refractivity contribution >= 4 is 43.1 Å². The fourth-order valence-electron chi connectivity index (χ4n) is 2.54. The Morgan fingerprint density at radius 3 is 2.64 bits per heavy atom. The molecule has 0 bridgehead atoms. The van der Waals surface area contributed by atoms with Crippen LogP contribution < -0.4 is 5.36 Å². The first-order valence-electron chi connectivity index (χ1n) is 7.41. The quantitative estimate of drug-likeness (QED) is 0.506. The Kier molecular flexibility index (Phi) is 4.77. The lowest BCUT2D eigenvalue weighted by atomic mass is 10.2. The van der Waals surface area contributed by atoms with Gasteiger partial charge < -0.3 is 4.90 Å². The zero-order chi connectivity index (χ0) is 15.5. The van der Waals surface area contributed by atoms with Crippen LogP contribution in [0.1, 0.15) is 6.42 Å². The molecule has 0 aliphatic carbocycles. The van der Waals surface area contributed by atoms with Crippen molar-refractivity contribution in [2.75, 3.05) is 27.2 Å². The summed E-state index contributed by atoms with van der Waals surface area (Å²) in [6.45, 7) is 1.88. The first kappa shape index (κ1) is 15.5. The molecular weight excluding hydrogens is 312 g/mol. The molecule has 2 nitrogen and oxygen atoms in total. The van der Waals surface area contributed by atoms with Gasteiger partial charge in [0.05, 0.1) is 5.36 Å². The highest BCUT2D eigenvalue weighted by Gasteiger charge is 2.04. The van der Waals surface area contributed by atoms with Crippen LogP contribution in [0.4, 0.5) is 0 Å². The SMILES string of the molecule is CN(C)CCC/N=c1\c2ccccc2sc2ccc(Cl)cc12. The van der Waals surface area contributed by atoms with E-state index in [2.05, 4.69) is 49.3 Å². The fraction of sp³-hybridized carbons (Fsp3) is 0.278. The Labute approximate surface area is 139 Å². The summed E-state index contributed by atoms with van der Waals surface area (Å²) >= 11 is 7.99. The Balaban J connectivity index is 2.17. The van der Waals surface area contributed by atoms with Gasteiger partial charge in [-0.3, -0.25) is 4.99 Å². The number of hydrogen-bond donors (Lipinski definition) is 0. The van der Waals surface area contributed by atoms with E-state index in [0.717, 1.165) is 35.3 Å². The molecule has 0 radical (unpaired) electrons. The van der Waals surface area contributed by atoms with Crippen molar-refractivity contribution in [1.82, 2.24) is 4.90 Å². The van der Waals surface area contributed by atoms with Crippen molar-refractivity contribution in [2.45, 2.75) is 6.42 Å². The average molecular weight is 331 g/mol. The lowest BCUT2D eigenvalue weighted by Crippen LogP contribution is -2.14. The summed E-state index contributed by atoms with van der Waals surface area (Å²) in [4.78, 5) is 7.09. The third kappa shape index (κ3) is 3.32. The normalized spacial score (nSPS) is 12.6. The highest BCUT2D eigenvalue weighted by molar-refractivity contribution is 7.24. The molecule has 3 rings (SSSR count). The van der Waals surface area contributed by atoms with Crippen molar-refractivity contribution in [3.63, 3.8) is 0 Å². The predicted octanol–water partition coefficient (Wildman–Crippen LogP) is 4.56. The topological polar surface area (TPSA) is 15.6 Å². The first-order valence-corrected chi connectivity index (χ1v) is 8.61. The molecule has 2 aromatic carbocycles. The largest absolute Gasteiger partial charge is 0.309 e. The van der Waals surface area contributed by atoms with Crippen LogP contribution in [0.15, 0.2) is 47.5 Å². The molecule has 1 aromatic heterocycles. The van der Waals surface area contributed by atoms with Crippen LogP contribution >= 0.6 is 22.9 Å². The number of halogens is 1. The maximum Gasteiger partial charge on any atom is 0.0747 e. The molecule has 0 saturated heterocycles. The third-order valence-electron chi connectivity index (χ3n) is 3.59. The minimum Gasteiger partial charge on any atom is -0.309 e. The number of fused-ring (bicyclic) bond motifs is 2. The van der Waals surface area contributed by atoms with Crippen molar-refractivity contribution in [3.05, 3.63) is 52.8 Å². The van der Waals surface area contributed by atoms with Gasteiger partial charge in [0, 0.05) is 31.7 Å². The van der Waals surface area contributed by atoms with Gasteiger partial charge in [-0.15, -0.1) is 11.3 Å². The second-order valence-corrected chi connectivity index (χ2v) is 7.15. The van der Waals surface area contributed by atoms with E-state index < -0.39 is 0 Å². The zero-order valence-corrected chi connectivity index (χ0v) is 14.4. The van der Waals surface area contributed by atoms with Gasteiger partial charge in [0.25, 0.3) is 0 Å². The number of rotatable bonds is 4. The highest BCUT2D eigenvalue weighted by atomic mass is 35.5. The van der Waals surface area contributed by atoms with Gasteiger partial charge >= 0.3 is 0 Å². The summed E-state index contributed by atoms with van der Waals surface area (Å²) in [5.41, 5.74) is 0. The lowest BCUT2D eigenvalue weighted by molar-refractivity contribution is 0.403. The van der Waals surface area contributed by atoms with Crippen molar-refractivity contribution < 1.29 is 0 Å². The van der Waals surface area contributed by atoms with Gasteiger partial charge in [0.1, 0.15) is 0 Å². The Morgan fingerprint density at radius 1 is 1.05 bits per heavy atom. The van der Waals surface area contributed by atoms with E-state index in [0.29, 0.717) is 0 Å². The summed E-state index contributed by atoms with van der Waals surface area (Å²) in [6, 6.07) is 14.5. The second-order valence-electron chi connectivity index (χ2n) is 5.63. The van der Waals surface area contributed by atoms with E-state index in [9.17, 15) is 0 Å². The molecule has 4 heteroatoms. The molecule has 0 unspecified atom stereocenters. The molecular formula is C18H19ClN2S. The fourth-order valence-corrected chi connectivity index (χ4v) is 3.77. The summed E-state index contributed by atoms with van der Waals surface area (Å²) in [5, 5.41) is 4.21. The molecule has 3 aromatic rings. The Bertz CT molecular complexity index is 868. The van der Waals surface area contributed by atoms with Crippen molar-refractivity contribution in [1.29, 1.82) is 0 Å². The van der Waals surface area contributed by atoms with E-state index in [4.69, 9.17) is 16.6 Å². The van der Waals surface area contributed by atoms with E-state index >= 15 is 0 Å². The molecule has 0 atom stereocenters. The predicted molar refractivity (Wildman–Crippen MR) is 97.9 cm³/mol. The van der Waals surface area contributed by atoms with Crippen LogP contribution in [0.25, 0.3) is 20.2 Å². The van der Waals surface area contributed by atoms with Crippen LogP contribution in [0.3, 0.4) is 0 Å². The van der Waals surface area contributed by atoms with Gasteiger partial charge in [-0.05, 0) is 51.3 Å². The summed E-state index contributed by atoms with van der Waals surface area (Å²) < 4.78 is 2.50. The molecule has 0 saturated carbocycles. The Morgan fingerprint density at radius 2 is 1.82 bits per heavy atom. The van der Waals surface area contributed by atoms with Gasteiger partial charge in [-0.2, -0.15) is 0 Å². The molecule has 0 aliphatic heterocycles. The van der Waals surface area contributed by atoms with Crippen LogP contribution in [0.5, 0.6) is 0 Å². The van der Waals surface area contributed by atoms with Crippen molar-refractivity contribution in [2.24, 2.45) is 4.99 Å².